The number of hydrogen-bond acceptors (Lipinski definition) is 7. The van der Waals surface area contributed by atoms with E-state index in [2.05, 4.69) is 9.97 Å². The maximum atomic E-state index is 6.10. The van der Waals surface area contributed by atoms with E-state index in [1.807, 2.05) is 11.8 Å². The zero-order chi connectivity index (χ0) is 14.8. The van der Waals surface area contributed by atoms with Gasteiger partial charge in [0.05, 0.1) is 19.8 Å². The molecular weight excluding hydrogens is 260 g/mol. The van der Waals surface area contributed by atoms with Gasteiger partial charge in [-0.15, -0.1) is 0 Å². The van der Waals surface area contributed by atoms with Crippen LogP contribution in [0.25, 0.3) is 0 Å². The second-order valence-corrected chi connectivity index (χ2v) is 4.24. The Kier molecular flexibility index (Phi) is 7.67. The number of aromatic nitrogens is 2. The molecule has 114 valence electrons. The molecule has 0 radical (unpaired) electrons. The van der Waals surface area contributed by atoms with Crippen molar-refractivity contribution in [1.82, 2.24) is 9.97 Å². The number of nitrogens with zero attached hydrogens (tertiary/aromatic N) is 3. The van der Waals surface area contributed by atoms with Crippen LogP contribution in [-0.4, -0.2) is 57.1 Å². The van der Waals surface area contributed by atoms with Crippen LogP contribution in [0.4, 0.5) is 11.5 Å². The fraction of sp³-hybridized carbons (Fsp3) is 0.692. The second kappa shape index (κ2) is 9.33. The van der Waals surface area contributed by atoms with Crippen molar-refractivity contribution in [2.75, 3.05) is 57.8 Å². The minimum Gasteiger partial charge on any atom is -0.476 e. The first-order valence-electron chi connectivity index (χ1n) is 6.70. The molecule has 0 aliphatic carbocycles. The van der Waals surface area contributed by atoms with Gasteiger partial charge in [0.25, 0.3) is 0 Å². The highest BCUT2D eigenvalue weighted by atomic mass is 16.5. The molecule has 0 aliphatic rings. The van der Waals surface area contributed by atoms with Crippen molar-refractivity contribution in [3.63, 3.8) is 0 Å². The summed E-state index contributed by atoms with van der Waals surface area (Å²) in [5.41, 5.74) is 6.55. The normalized spacial score (nSPS) is 10.6. The van der Waals surface area contributed by atoms with Crippen molar-refractivity contribution in [2.45, 2.75) is 13.3 Å². The molecule has 0 bridgehead atoms. The minimum atomic E-state index is 0.427. The summed E-state index contributed by atoms with van der Waals surface area (Å²) in [5, 5.41) is 0. The fourth-order valence-corrected chi connectivity index (χ4v) is 1.66. The van der Waals surface area contributed by atoms with Crippen LogP contribution in [-0.2, 0) is 9.47 Å². The van der Waals surface area contributed by atoms with E-state index in [1.54, 1.807) is 14.2 Å². The molecule has 0 atom stereocenters. The van der Waals surface area contributed by atoms with Gasteiger partial charge in [-0.05, 0) is 6.42 Å². The van der Waals surface area contributed by atoms with Crippen molar-refractivity contribution >= 4 is 11.5 Å². The van der Waals surface area contributed by atoms with Crippen LogP contribution >= 0.6 is 0 Å². The molecule has 7 nitrogen and oxygen atoms in total. The van der Waals surface area contributed by atoms with Crippen molar-refractivity contribution in [3.8, 4) is 5.88 Å². The number of hydrogen-bond donors (Lipinski definition) is 1. The van der Waals surface area contributed by atoms with E-state index in [9.17, 15) is 0 Å². The Morgan fingerprint density at radius 1 is 1.10 bits per heavy atom. The van der Waals surface area contributed by atoms with Gasteiger partial charge in [-0.3, -0.25) is 0 Å². The highest BCUT2D eigenvalue weighted by Crippen LogP contribution is 2.27. The van der Waals surface area contributed by atoms with Gasteiger partial charge >= 0.3 is 0 Å². The van der Waals surface area contributed by atoms with E-state index in [-0.39, 0.29) is 0 Å². The predicted octanol–water partition coefficient (Wildman–Crippen LogP) is 0.947. The van der Waals surface area contributed by atoms with E-state index in [4.69, 9.17) is 19.9 Å². The summed E-state index contributed by atoms with van der Waals surface area (Å²) in [6.07, 6.45) is 2.36. The maximum Gasteiger partial charge on any atom is 0.242 e. The summed E-state index contributed by atoms with van der Waals surface area (Å²) < 4.78 is 15.7. The average Bonchev–Trinajstić information content (AvgIpc) is 2.47. The standard InChI is InChI=1S/C13H24N4O3/c1-4-7-20-13-11(14)12(15-10-16-13)17(5-8-18-2)6-9-19-3/h10H,4-9,14H2,1-3H3. The van der Waals surface area contributed by atoms with Gasteiger partial charge in [0.1, 0.15) is 12.0 Å². The van der Waals surface area contributed by atoms with Gasteiger partial charge in [0.15, 0.2) is 5.82 Å². The second-order valence-electron chi connectivity index (χ2n) is 4.24. The van der Waals surface area contributed by atoms with Crippen LogP contribution in [0.3, 0.4) is 0 Å². The molecule has 1 rings (SSSR count). The van der Waals surface area contributed by atoms with Crippen LogP contribution < -0.4 is 15.4 Å². The molecule has 1 heterocycles. The number of nitrogens with two attached hydrogens (primary N) is 1. The van der Waals surface area contributed by atoms with E-state index in [0.29, 0.717) is 50.3 Å². The monoisotopic (exact) mass is 284 g/mol. The maximum absolute atomic E-state index is 6.10. The zero-order valence-corrected chi connectivity index (χ0v) is 12.5. The SMILES string of the molecule is CCCOc1ncnc(N(CCOC)CCOC)c1N. The summed E-state index contributed by atoms with van der Waals surface area (Å²) in [6.45, 7) is 5.12. The lowest BCUT2D eigenvalue weighted by Gasteiger charge is -2.24. The first-order valence-corrected chi connectivity index (χ1v) is 6.70. The van der Waals surface area contributed by atoms with Gasteiger partial charge in [0, 0.05) is 27.3 Å². The van der Waals surface area contributed by atoms with Crippen LogP contribution in [0.1, 0.15) is 13.3 Å². The Morgan fingerprint density at radius 2 is 1.75 bits per heavy atom. The minimum absolute atomic E-state index is 0.427. The number of methoxy groups -OCH3 is 2. The average molecular weight is 284 g/mol. The van der Waals surface area contributed by atoms with E-state index in [1.165, 1.54) is 6.33 Å². The largest absolute Gasteiger partial charge is 0.476 e. The Labute approximate surface area is 120 Å². The molecule has 1 aromatic rings. The molecule has 1 aromatic heterocycles. The molecule has 0 saturated carbocycles. The number of anilines is 2. The van der Waals surface area contributed by atoms with Gasteiger partial charge in [-0.2, -0.15) is 4.98 Å². The lowest BCUT2D eigenvalue weighted by Crippen LogP contribution is -2.32. The molecule has 0 saturated heterocycles. The molecule has 2 N–H and O–H groups in total. The molecule has 7 heteroatoms. The Morgan fingerprint density at radius 3 is 2.30 bits per heavy atom. The van der Waals surface area contributed by atoms with Crippen molar-refractivity contribution in [3.05, 3.63) is 6.33 Å². The quantitative estimate of drug-likeness (QED) is 0.684. The molecule has 0 amide bonds. The molecule has 0 fully saturated rings. The fourth-order valence-electron chi connectivity index (χ4n) is 1.66. The third-order valence-electron chi connectivity index (χ3n) is 2.70. The van der Waals surface area contributed by atoms with Crippen molar-refractivity contribution in [2.24, 2.45) is 0 Å². The van der Waals surface area contributed by atoms with Crippen LogP contribution in [0, 0.1) is 0 Å². The summed E-state index contributed by atoms with van der Waals surface area (Å²) in [6, 6.07) is 0. The first kappa shape index (κ1) is 16.5. The lowest BCUT2D eigenvalue weighted by atomic mass is 10.4. The highest BCUT2D eigenvalue weighted by Gasteiger charge is 2.15. The number of ether oxygens (including phenoxy) is 3. The predicted molar refractivity (Wildman–Crippen MR) is 78.2 cm³/mol. The van der Waals surface area contributed by atoms with Crippen molar-refractivity contribution < 1.29 is 14.2 Å². The van der Waals surface area contributed by atoms with Crippen molar-refractivity contribution in [1.29, 1.82) is 0 Å². The van der Waals surface area contributed by atoms with E-state index < -0.39 is 0 Å². The first-order chi connectivity index (χ1) is 9.74. The Balaban J connectivity index is 2.87. The summed E-state index contributed by atoms with van der Waals surface area (Å²) in [5.74, 6) is 1.08. The number of nitrogen functional groups attached to an aromatic ring is 1. The molecule has 0 aliphatic heterocycles. The molecular formula is C13H24N4O3. The molecule has 0 unspecified atom stereocenters. The molecule has 0 aromatic carbocycles. The van der Waals surface area contributed by atoms with Gasteiger partial charge in [0.2, 0.25) is 5.88 Å². The zero-order valence-electron chi connectivity index (χ0n) is 12.5. The van der Waals surface area contributed by atoms with Gasteiger partial charge < -0.3 is 24.8 Å². The summed E-state index contributed by atoms with van der Waals surface area (Å²) in [7, 11) is 3.32. The third kappa shape index (κ3) is 4.82. The smallest absolute Gasteiger partial charge is 0.242 e. The highest BCUT2D eigenvalue weighted by molar-refractivity contribution is 5.67. The molecule has 0 spiro atoms. The van der Waals surface area contributed by atoms with E-state index in [0.717, 1.165) is 6.42 Å². The Bertz CT molecular complexity index is 382. The topological polar surface area (TPSA) is 82.7 Å². The van der Waals surface area contributed by atoms with Crippen LogP contribution in [0.5, 0.6) is 5.88 Å². The van der Waals surface area contributed by atoms with Gasteiger partial charge in [-0.25, -0.2) is 4.98 Å². The lowest BCUT2D eigenvalue weighted by molar-refractivity contribution is 0.190. The Hall–Kier alpha value is -1.60. The number of rotatable bonds is 10. The summed E-state index contributed by atoms with van der Waals surface area (Å²) in [4.78, 5) is 10.3. The van der Waals surface area contributed by atoms with Crippen LogP contribution in [0.15, 0.2) is 6.33 Å². The van der Waals surface area contributed by atoms with Crippen LogP contribution in [0.2, 0.25) is 0 Å². The molecule has 20 heavy (non-hydrogen) atoms. The van der Waals surface area contributed by atoms with Gasteiger partial charge in [-0.1, -0.05) is 6.92 Å². The summed E-state index contributed by atoms with van der Waals surface area (Å²) >= 11 is 0. The third-order valence-corrected chi connectivity index (χ3v) is 2.70. The van der Waals surface area contributed by atoms with E-state index >= 15 is 0 Å².